The molecule has 1 unspecified atom stereocenters. The van der Waals surface area contributed by atoms with E-state index in [1.165, 1.54) is 0 Å². The van der Waals surface area contributed by atoms with Crippen molar-refractivity contribution in [3.8, 4) is 0 Å². The van der Waals surface area contributed by atoms with Gasteiger partial charge in [0.2, 0.25) is 0 Å². The Morgan fingerprint density at radius 3 is 2.68 bits per heavy atom. The van der Waals surface area contributed by atoms with Crippen LogP contribution in [0, 0.1) is 5.41 Å². The average molecular weight is 271 g/mol. The van der Waals surface area contributed by atoms with E-state index in [1.54, 1.807) is 16.8 Å². The van der Waals surface area contributed by atoms with Crippen LogP contribution in [-0.2, 0) is 4.79 Å². The first-order valence-corrected chi connectivity index (χ1v) is 6.85. The number of carbonyl (C=O) groups excluding carboxylic acids is 1. The molecule has 6 nitrogen and oxygen atoms in total. The van der Waals surface area contributed by atoms with E-state index in [9.17, 15) is 14.7 Å². The van der Waals surface area contributed by atoms with Crippen LogP contribution in [0.4, 0.5) is 4.79 Å². The summed E-state index contributed by atoms with van der Waals surface area (Å²) in [5.74, 6) is -0.787. The normalized spacial score (nSPS) is 23.2. The van der Waals surface area contributed by atoms with Crippen LogP contribution < -0.4 is 5.32 Å². The van der Waals surface area contributed by atoms with Gasteiger partial charge in [-0.1, -0.05) is 6.92 Å². The molecule has 0 aromatic rings. The largest absolute Gasteiger partial charge is 0.481 e. The predicted molar refractivity (Wildman–Crippen MR) is 73.1 cm³/mol. The highest BCUT2D eigenvalue weighted by Gasteiger charge is 2.42. The van der Waals surface area contributed by atoms with Crippen molar-refractivity contribution in [2.75, 3.05) is 40.3 Å². The molecule has 0 radical (unpaired) electrons. The van der Waals surface area contributed by atoms with Gasteiger partial charge in [-0.15, -0.1) is 0 Å². The Labute approximate surface area is 114 Å². The number of carbonyl (C=O) groups is 2. The lowest BCUT2D eigenvalue weighted by Crippen LogP contribution is -2.53. The second-order valence-corrected chi connectivity index (χ2v) is 5.27. The van der Waals surface area contributed by atoms with E-state index in [4.69, 9.17) is 0 Å². The number of urea groups is 1. The highest BCUT2D eigenvalue weighted by molar-refractivity contribution is 5.78. The highest BCUT2D eigenvalue weighted by Crippen LogP contribution is 2.33. The first-order chi connectivity index (χ1) is 8.96. The van der Waals surface area contributed by atoms with Gasteiger partial charge in [0.15, 0.2) is 0 Å². The van der Waals surface area contributed by atoms with Gasteiger partial charge in [0.05, 0.1) is 5.41 Å². The zero-order valence-electron chi connectivity index (χ0n) is 12.1. The summed E-state index contributed by atoms with van der Waals surface area (Å²) >= 11 is 0. The minimum atomic E-state index is -0.787. The van der Waals surface area contributed by atoms with E-state index in [1.807, 2.05) is 14.0 Å². The average Bonchev–Trinajstić information content (AvgIpc) is 2.43. The van der Waals surface area contributed by atoms with Crippen molar-refractivity contribution in [2.45, 2.75) is 26.2 Å². The second kappa shape index (κ2) is 6.75. The summed E-state index contributed by atoms with van der Waals surface area (Å²) in [5.41, 5.74) is -0.766. The number of piperidine rings is 1. The maximum Gasteiger partial charge on any atom is 0.319 e. The van der Waals surface area contributed by atoms with Crippen molar-refractivity contribution in [3.05, 3.63) is 0 Å². The van der Waals surface area contributed by atoms with Gasteiger partial charge in [0, 0.05) is 33.2 Å². The second-order valence-electron chi connectivity index (χ2n) is 5.27. The number of carboxylic acid groups (broad SMARTS) is 1. The number of nitrogens with one attached hydrogen (secondary N) is 1. The van der Waals surface area contributed by atoms with Gasteiger partial charge in [-0.05, 0) is 26.3 Å². The maximum absolute atomic E-state index is 12.3. The standard InChI is InChI=1S/C13H25N3O3/c1-4-13(11(17)18)6-5-8-16(10-13)12(19)15(3)9-7-14-2/h14H,4-10H2,1-3H3,(H,17,18). The van der Waals surface area contributed by atoms with Crippen LogP contribution in [-0.4, -0.2) is 67.2 Å². The fraction of sp³-hybridized carbons (Fsp3) is 0.846. The summed E-state index contributed by atoms with van der Waals surface area (Å²) in [4.78, 5) is 27.0. The third kappa shape index (κ3) is 3.59. The van der Waals surface area contributed by atoms with Crippen LogP contribution in [0.1, 0.15) is 26.2 Å². The topological polar surface area (TPSA) is 72.9 Å². The SMILES string of the molecule is CCC1(C(=O)O)CCCN(C(=O)N(C)CCNC)C1. The highest BCUT2D eigenvalue weighted by atomic mass is 16.4. The molecular weight excluding hydrogens is 246 g/mol. The zero-order chi connectivity index (χ0) is 14.5. The molecule has 0 aliphatic carbocycles. The minimum absolute atomic E-state index is 0.0750. The fourth-order valence-corrected chi connectivity index (χ4v) is 2.53. The molecule has 1 atom stereocenters. The van der Waals surface area contributed by atoms with Crippen LogP contribution in [0.3, 0.4) is 0 Å². The predicted octanol–water partition coefficient (Wildman–Crippen LogP) is 0.834. The number of nitrogens with zero attached hydrogens (tertiary/aromatic N) is 2. The molecule has 1 fully saturated rings. The summed E-state index contributed by atoms with van der Waals surface area (Å²) in [6.45, 7) is 4.21. The van der Waals surface area contributed by atoms with Crippen LogP contribution in [0.5, 0.6) is 0 Å². The minimum Gasteiger partial charge on any atom is -0.481 e. The summed E-state index contributed by atoms with van der Waals surface area (Å²) in [5, 5.41) is 12.4. The molecule has 1 rings (SSSR count). The zero-order valence-corrected chi connectivity index (χ0v) is 12.1. The van der Waals surface area contributed by atoms with Gasteiger partial charge < -0.3 is 20.2 Å². The number of likely N-dealkylation sites (tertiary alicyclic amines) is 1. The lowest BCUT2D eigenvalue weighted by atomic mass is 9.78. The van der Waals surface area contributed by atoms with Gasteiger partial charge >= 0.3 is 12.0 Å². The number of likely N-dealkylation sites (N-methyl/N-ethyl adjacent to an activating group) is 2. The third-order valence-corrected chi connectivity index (χ3v) is 4.00. The van der Waals surface area contributed by atoms with E-state index < -0.39 is 11.4 Å². The molecule has 1 aliphatic rings. The van der Waals surface area contributed by atoms with Crippen molar-refractivity contribution in [1.82, 2.24) is 15.1 Å². The lowest BCUT2D eigenvalue weighted by molar-refractivity contribution is -0.152. The molecule has 0 aromatic carbocycles. The molecule has 1 aliphatic heterocycles. The van der Waals surface area contributed by atoms with Gasteiger partial charge in [0.25, 0.3) is 0 Å². The number of aliphatic carboxylic acids is 1. The molecule has 110 valence electrons. The van der Waals surface area contributed by atoms with Crippen LogP contribution in [0.15, 0.2) is 0 Å². The van der Waals surface area contributed by atoms with Gasteiger partial charge in [-0.2, -0.15) is 0 Å². The molecule has 2 amide bonds. The monoisotopic (exact) mass is 271 g/mol. The lowest BCUT2D eigenvalue weighted by Gasteiger charge is -2.40. The Bertz CT molecular complexity index is 335. The van der Waals surface area contributed by atoms with Crippen molar-refractivity contribution < 1.29 is 14.7 Å². The van der Waals surface area contributed by atoms with E-state index in [-0.39, 0.29) is 6.03 Å². The molecule has 0 spiro atoms. The van der Waals surface area contributed by atoms with Crippen molar-refractivity contribution in [1.29, 1.82) is 0 Å². The Hall–Kier alpha value is -1.30. The van der Waals surface area contributed by atoms with Crippen molar-refractivity contribution in [3.63, 3.8) is 0 Å². The Morgan fingerprint density at radius 2 is 2.16 bits per heavy atom. The van der Waals surface area contributed by atoms with Crippen LogP contribution >= 0.6 is 0 Å². The molecule has 0 aromatic heterocycles. The van der Waals surface area contributed by atoms with E-state index in [2.05, 4.69) is 5.32 Å². The van der Waals surface area contributed by atoms with Crippen LogP contribution in [0.2, 0.25) is 0 Å². The molecule has 1 saturated heterocycles. The quantitative estimate of drug-likeness (QED) is 0.777. The van der Waals surface area contributed by atoms with Crippen molar-refractivity contribution >= 4 is 12.0 Å². The van der Waals surface area contributed by atoms with E-state index >= 15 is 0 Å². The molecule has 0 saturated carbocycles. The summed E-state index contributed by atoms with van der Waals surface area (Å²) in [6, 6.07) is -0.0750. The number of hydrogen-bond acceptors (Lipinski definition) is 3. The summed E-state index contributed by atoms with van der Waals surface area (Å²) in [6.07, 6.45) is 1.97. The maximum atomic E-state index is 12.3. The number of carboxylic acids is 1. The third-order valence-electron chi connectivity index (χ3n) is 4.00. The number of hydrogen-bond donors (Lipinski definition) is 2. The van der Waals surface area contributed by atoms with Crippen LogP contribution in [0.25, 0.3) is 0 Å². The summed E-state index contributed by atoms with van der Waals surface area (Å²) < 4.78 is 0. The fourth-order valence-electron chi connectivity index (χ4n) is 2.53. The smallest absolute Gasteiger partial charge is 0.319 e. The number of rotatable bonds is 5. The van der Waals surface area contributed by atoms with E-state index in [0.717, 1.165) is 13.0 Å². The molecule has 19 heavy (non-hydrogen) atoms. The molecule has 6 heteroatoms. The first kappa shape index (κ1) is 15.8. The van der Waals surface area contributed by atoms with Gasteiger partial charge in [-0.25, -0.2) is 4.79 Å². The summed E-state index contributed by atoms with van der Waals surface area (Å²) in [7, 11) is 3.59. The molecular formula is C13H25N3O3. The molecule has 0 bridgehead atoms. The molecule has 2 N–H and O–H groups in total. The molecule has 1 heterocycles. The Kier molecular flexibility index (Phi) is 5.60. The van der Waals surface area contributed by atoms with E-state index in [0.29, 0.717) is 32.5 Å². The Balaban J connectivity index is 2.68. The number of amides is 2. The van der Waals surface area contributed by atoms with Crippen molar-refractivity contribution in [2.24, 2.45) is 5.41 Å². The first-order valence-electron chi connectivity index (χ1n) is 6.85. The van der Waals surface area contributed by atoms with Gasteiger partial charge in [0.1, 0.15) is 0 Å². The van der Waals surface area contributed by atoms with Gasteiger partial charge in [-0.3, -0.25) is 4.79 Å². The Morgan fingerprint density at radius 1 is 1.47 bits per heavy atom.